The Hall–Kier alpha value is -3.10. The SMILES string of the molecule is CCn1cc(CN2C(=O)/C(=C\c3ccc(COc4ccc(Cl)cc4)o3)NC2=S)cn1. The van der Waals surface area contributed by atoms with E-state index in [0.29, 0.717) is 39.6 Å². The fourth-order valence-corrected chi connectivity index (χ4v) is 3.32. The number of rotatable bonds is 7. The van der Waals surface area contributed by atoms with Crippen LogP contribution in [0.25, 0.3) is 6.08 Å². The van der Waals surface area contributed by atoms with Gasteiger partial charge in [0, 0.05) is 29.4 Å². The standard InChI is InChI=1S/C21H19ClN4O3S/c1-2-25-11-14(10-23-25)12-26-20(27)19(24-21(26)30)9-17-7-8-18(29-17)13-28-16-5-3-15(22)4-6-16/h3-11H,2,12-13H2,1H3,(H,24,30)/b19-9+. The lowest BCUT2D eigenvalue weighted by Crippen LogP contribution is -2.29. The molecule has 0 spiro atoms. The Morgan fingerprint density at radius 2 is 2.07 bits per heavy atom. The lowest BCUT2D eigenvalue weighted by atomic mass is 10.3. The Labute approximate surface area is 183 Å². The molecule has 1 N–H and O–H groups in total. The number of carbonyl (C=O) groups is 1. The topological polar surface area (TPSA) is 72.5 Å². The van der Waals surface area contributed by atoms with E-state index < -0.39 is 0 Å². The van der Waals surface area contributed by atoms with Gasteiger partial charge in [-0.3, -0.25) is 14.4 Å². The lowest BCUT2D eigenvalue weighted by Gasteiger charge is -2.12. The third-order valence-corrected chi connectivity index (χ3v) is 5.05. The molecule has 3 aromatic rings. The van der Waals surface area contributed by atoms with Crippen molar-refractivity contribution >= 4 is 40.9 Å². The van der Waals surface area contributed by atoms with Crippen molar-refractivity contribution in [1.82, 2.24) is 20.0 Å². The first kappa shape index (κ1) is 20.2. The van der Waals surface area contributed by atoms with Gasteiger partial charge >= 0.3 is 0 Å². The van der Waals surface area contributed by atoms with Crippen molar-refractivity contribution in [2.75, 3.05) is 0 Å². The Morgan fingerprint density at radius 3 is 2.80 bits per heavy atom. The minimum Gasteiger partial charge on any atom is -0.486 e. The third-order valence-electron chi connectivity index (χ3n) is 4.48. The van der Waals surface area contributed by atoms with E-state index in [1.54, 1.807) is 53.4 Å². The van der Waals surface area contributed by atoms with E-state index in [0.717, 1.165) is 12.1 Å². The number of benzene rings is 1. The number of halogens is 1. The average Bonchev–Trinajstić information content (AvgIpc) is 3.45. The van der Waals surface area contributed by atoms with Gasteiger partial charge in [0.2, 0.25) is 0 Å². The van der Waals surface area contributed by atoms with Crippen molar-refractivity contribution < 1.29 is 13.9 Å². The van der Waals surface area contributed by atoms with Crippen LogP contribution in [0.2, 0.25) is 5.02 Å². The number of nitrogens with one attached hydrogen (secondary N) is 1. The van der Waals surface area contributed by atoms with Crippen molar-refractivity contribution in [3.8, 4) is 5.75 Å². The Bertz CT molecular complexity index is 1100. The predicted octanol–water partition coefficient (Wildman–Crippen LogP) is 3.99. The summed E-state index contributed by atoms with van der Waals surface area (Å²) in [6, 6.07) is 10.7. The van der Waals surface area contributed by atoms with Crippen molar-refractivity contribution in [3.05, 3.63) is 76.6 Å². The predicted molar refractivity (Wildman–Crippen MR) is 117 cm³/mol. The van der Waals surface area contributed by atoms with E-state index in [2.05, 4.69) is 10.4 Å². The van der Waals surface area contributed by atoms with E-state index in [1.807, 2.05) is 13.1 Å². The van der Waals surface area contributed by atoms with E-state index in [1.165, 1.54) is 4.90 Å². The molecule has 7 nitrogen and oxygen atoms in total. The summed E-state index contributed by atoms with van der Waals surface area (Å²) >= 11 is 11.2. The van der Waals surface area contributed by atoms with Crippen LogP contribution in [0.4, 0.5) is 0 Å². The van der Waals surface area contributed by atoms with E-state index in [9.17, 15) is 4.79 Å². The number of aryl methyl sites for hydroxylation is 1. The Kier molecular flexibility index (Phi) is 5.87. The van der Waals surface area contributed by atoms with Crippen molar-refractivity contribution in [2.24, 2.45) is 0 Å². The second kappa shape index (κ2) is 8.73. The lowest BCUT2D eigenvalue weighted by molar-refractivity contribution is -0.122. The highest BCUT2D eigenvalue weighted by atomic mass is 35.5. The van der Waals surface area contributed by atoms with Gasteiger partial charge in [-0.25, -0.2) is 0 Å². The molecule has 9 heteroatoms. The first-order valence-corrected chi connectivity index (χ1v) is 10.1. The maximum absolute atomic E-state index is 12.7. The second-order valence-corrected chi connectivity index (χ2v) is 7.45. The summed E-state index contributed by atoms with van der Waals surface area (Å²) in [7, 11) is 0. The minimum atomic E-state index is -0.209. The number of hydrogen-bond acceptors (Lipinski definition) is 5. The molecule has 0 unspecified atom stereocenters. The molecule has 1 aliphatic heterocycles. The van der Waals surface area contributed by atoms with Gasteiger partial charge in [0.25, 0.3) is 5.91 Å². The summed E-state index contributed by atoms with van der Waals surface area (Å²) in [6.07, 6.45) is 5.27. The quantitative estimate of drug-likeness (QED) is 0.440. The maximum Gasteiger partial charge on any atom is 0.276 e. The molecule has 0 aliphatic carbocycles. The van der Waals surface area contributed by atoms with E-state index >= 15 is 0 Å². The number of furan rings is 1. The van der Waals surface area contributed by atoms with Crippen LogP contribution in [-0.4, -0.2) is 25.7 Å². The van der Waals surface area contributed by atoms with Gasteiger partial charge in [0.05, 0.1) is 12.7 Å². The molecule has 30 heavy (non-hydrogen) atoms. The zero-order chi connectivity index (χ0) is 21.1. The fraction of sp³-hybridized carbons (Fsp3) is 0.190. The summed E-state index contributed by atoms with van der Waals surface area (Å²) in [4.78, 5) is 14.3. The van der Waals surface area contributed by atoms with Gasteiger partial charge in [0.1, 0.15) is 29.6 Å². The molecule has 0 saturated carbocycles. The molecule has 154 valence electrons. The fourth-order valence-electron chi connectivity index (χ4n) is 2.94. The molecular formula is C21H19ClN4O3S. The zero-order valence-corrected chi connectivity index (χ0v) is 17.7. The second-order valence-electron chi connectivity index (χ2n) is 6.63. The summed E-state index contributed by atoms with van der Waals surface area (Å²) in [5.41, 5.74) is 1.28. The normalized spacial score (nSPS) is 15.1. The number of carbonyl (C=O) groups excluding carboxylic acids is 1. The maximum atomic E-state index is 12.7. The number of hydrogen-bond donors (Lipinski definition) is 1. The Balaban J connectivity index is 1.40. The zero-order valence-electron chi connectivity index (χ0n) is 16.2. The highest BCUT2D eigenvalue weighted by Crippen LogP contribution is 2.20. The number of ether oxygens (including phenoxy) is 1. The number of thiocarbonyl (C=S) groups is 1. The molecule has 0 bridgehead atoms. The van der Waals surface area contributed by atoms with Crippen molar-refractivity contribution in [3.63, 3.8) is 0 Å². The van der Waals surface area contributed by atoms with Gasteiger partial charge < -0.3 is 14.5 Å². The average molecular weight is 443 g/mol. The van der Waals surface area contributed by atoms with Crippen LogP contribution < -0.4 is 10.1 Å². The highest BCUT2D eigenvalue weighted by Gasteiger charge is 2.31. The van der Waals surface area contributed by atoms with Crippen LogP contribution in [0.5, 0.6) is 5.75 Å². The largest absolute Gasteiger partial charge is 0.486 e. The third kappa shape index (κ3) is 4.55. The molecule has 1 aromatic carbocycles. The molecule has 2 aromatic heterocycles. The van der Waals surface area contributed by atoms with Crippen molar-refractivity contribution in [2.45, 2.75) is 26.6 Å². The van der Waals surface area contributed by atoms with Crippen LogP contribution >= 0.6 is 23.8 Å². The molecular weight excluding hydrogens is 424 g/mol. The molecule has 3 heterocycles. The molecule has 4 rings (SSSR count). The molecule has 0 radical (unpaired) electrons. The van der Waals surface area contributed by atoms with Crippen LogP contribution in [0.1, 0.15) is 24.0 Å². The summed E-state index contributed by atoms with van der Waals surface area (Å²) < 4.78 is 13.2. The minimum absolute atomic E-state index is 0.209. The van der Waals surface area contributed by atoms with Gasteiger partial charge in [-0.1, -0.05) is 11.6 Å². The first-order valence-electron chi connectivity index (χ1n) is 9.35. The molecule has 0 atom stereocenters. The molecule has 1 fully saturated rings. The summed E-state index contributed by atoms with van der Waals surface area (Å²) in [5.74, 6) is 1.65. The number of aromatic nitrogens is 2. The van der Waals surface area contributed by atoms with E-state index in [-0.39, 0.29) is 12.5 Å². The van der Waals surface area contributed by atoms with Crippen LogP contribution in [0.3, 0.4) is 0 Å². The Morgan fingerprint density at radius 1 is 1.27 bits per heavy atom. The van der Waals surface area contributed by atoms with E-state index in [4.69, 9.17) is 33.0 Å². The molecule has 1 amide bonds. The smallest absolute Gasteiger partial charge is 0.276 e. The number of nitrogens with zero attached hydrogens (tertiary/aromatic N) is 3. The first-order chi connectivity index (χ1) is 14.5. The van der Waals surface area contributed by atoms with Crippen molar-refractivity contribution in [1.29, 1.82) is 0 Å². The monoisotopic (exact) mass is 442 g/mol. The van der Waals surface area contributed by atoms with Crippen LogP contribution in [-0.2, 0) is 24.5 Å². The summed E-state index contributed by atoms with van der Waals surface area (Å²) in [6.45, 7) is 3.39. The molecule has 1 aliphatic rings. The van der Waals surface area contributed by atoms with Gasteiger partial charge in [-0.05, 0) is 55.5 Å². The summed E-state index contributed by atoms with van der Waals surface area (Å²) in [5, 5.41) is 8.18. The van der Waals surface area contributed by atoms with Crippen LogP contribution in [0.15, 0.2) is 58.9 Å². The van der Waals surface area contributed by atoms with Gasteiger partial charge in [-0.15, -0.1) is 0 Å². The molecule has 1 saturated heterocycles. The highest BCUT2D eigenvalue weighted by molar-refractivity contribution is 7.80. The van der Waals surface area contributed by atoms with Gasteiger partial charge in [-0.2, -0.15) is 5.10 Å². The number of amides is 1. The van der Waals surface area contributed by atoms with Gasteiger partial charge in [0.15, 0.2) is 5.11 Å². The van der Waals surface area contributed by atoms with Crippen LogP contribution in [0, 0.1) is 0 Å².